The molecule has 2 aromatic heterocycles. The Labute approximate surface area is 134 Å². The predicted molar refractivity (Wildman–Crippen MR) is 88.4 cm³/mol. The van der Waals surface area contributed by atoms with Crippen LogP contribution in [-0.2, 0) is 17.0 Å². The topological polar surface area (TPSA) is 60.1 Å². The summed E-state index contributed by atoms with van der Waals surface area (Å²) in [5, 5.41) is 7.75. The van der Waals surface area contributed by atoms with E-state index < -0.39 is 0 Å². The van der Waals surface area contributed by atoms with Crippen LogP contribution in [0.4, 0.5) is 5.82 Å². The third kappa shape index (κ3) is 2.56. The van der Waals surface area contributed by atoms with Crippen molar-refractivity contribution in [3.05, 3.63) is 34.4 Å². The van der Waals surface area contributed by atoms with Crippen LogP contribution < -0.4 is 5.32 Å². The summed E-state index contributed by atoms with van der Waals surface area (Å²) in [5.74, 6) is 3.86. The molecule has 0 aliphatic carbocycles. The van der Waals surface area contributed by atoms with Crippen LogP contribution in [0.3, 0.4) is 0 Å². The van der Waals surface area contributed by atoms with Gasteiger partial charge in [-0.1, -0.05) is 0 Å². The molecule has 2 aromatic rings. The van der Waals surface area contributed by atoms with E-state index in [-0.39, 0.29) is 11.4 Å². The maximum Gasteiger partial charge on any atom is 0.260 e. The number of fused-ring (bicyclic) bond motifs is 1. The van der Waals surface area contributed by atoms with Crippen molar-refractivity contribution in [2.75, 3.05) is 5.32 Å². The Morgan fingerprint density at radius 2 is 2.09 bits per heavy atom. The number of furan rings is 1. The van der Waals surface area contributed by atoms with E-state index in [4.69, 9.17) is 9.52 Å². The quantitative estimate of drug-likeness (QED) is 0.913. The van der Waals surface area contributed by atoms with Gasteiger partial charge in [-0.15, -0.1) is 0 Å². The Morgan fingerprint density at radius 3 is 2.68 bits per heavy atom. The second kappa shape index (κ2) is 5.19. The Kier molecular flexibility index (Phi) is 3.59. The number of aryl methyl sites for hydroxylation is 2. The molecule has 22 heavy (non-hydrogen) atoms. The number of hydrogen-bond donors (Lipinski definition) is 1. The Hall–Kier alpha value is -1.69. The van der Waals surface area contributed by atoms with Gasteiger partial charge in [0.1, 0.15) is 17.3 Å². The first-order valence-corrected chi connectivity index (χ1v) is 8.50. The van der Waals surface area contributed by atoms with Crippen molar-refractivity contribution in [2.45, 2.75) is 51.7 Å². The summed E-state index contributed by atoms with van der Waals surface area (Å²) in [4.78, 5) is 12.6. The maximum absolute atomic E-state index is 12.6. The minimum absolute atomic E-state index is 0.139. The number of nitrogens with zero attached hydrogens (tertiary/aromatic N) is 2. The molecule has 6 heteroatoms. The molecule has 0 saturated heterocycles. The van der Waals surface area contributed by atoms with E-state index in [1.54, 1.807) is 6.07 Å². The second-order valence-electron chi connectivity index (χ2n) is 6.63. The monoisotopic (exact) mass is 319 g/mol. The lowest BCUT2D eigenvalue weighted by Crippen LogP contribution is -2.27. The summed E-state index contributed by atoms with van der Waals surface area (Å²) in [5.41, 5.74) is 2.62. The van der Waals surface area contributed by atoms with Crippen molar-refractivity contribution in [1.29, 1.82) is 0 Å². The van der Waals surface area contributed by atoms with Crippen LogP contribution in [0.5, 0.6) is 0 Å². The average molecular weight is 319 g/mol. The molecule has 118 valence electrons. The molecule has 1 amide bonds. The number of carbonyl (C=O) groups excluding carboxylic acids is 1. The van der Waals surface area contributed by atoms with Gasteiger partial charge in [-0.2, -0.15) is 16.9 Å². The molecule has 0 bridgehead atoms. The van der Waals surface area contributed by atoms with Crippen LogP contribution in [0, 0.1) is 13.8 Å². The second-order valence-corrected chi connectivity index (χ2v) is 7.62. The van der Waals surface area contributed by atoms with Crippen molar-refractivity contribution in [3.63, 3.8) is 0 Å². The molecule has 1 N–H and O–H groups in total. The summed E-state index contributed by atoms with van der Waals surface area (Å²) in [6.07, 6.45) is 0. The van der Waals surface area contributed by atoms with Gasteiger partial charge in [0, 0.05) is 17.1 Å². The molecule has 0 aromatic carbocycles. The van der Waals surface area contributed by atoms with E-state index in [2.05, 4.69) is 26.1 Å². The van der Waals surface area contributed by atoms with Crippen molar-refractivity contribution >= 4 is 23.5 Å². The van der Waals surface area contributed by atoms with Gasteiger partial charge in [0.15, 0.2) is 0 Å². The zero-order chi connectivity index (χ0) is 16.1. The fraction of sp³-hybridized carbons (Fsp3) is 0.500. The molecule has 0 atom stereocenters. The third-order valence-electron chi connectivity index (χ3n) is 3.70. The SMILES string of the molecule is Cc1cc(C(=O)Nc2c3c(nn2C(C)(C)C)CSC3)c(C)o1. The summed E-state index contributed by atoms with van der Waals surface area (Å²) in [7, 11) is 0. The lowest BCUT2D eigenvalue weighted by Gasteiger charge is -2.23. The molecule has 0 spiro atoms. The Morgan fingerprint density at radius 1 is 1.36 bits per heavy atom. The molecule has 3 heterocycles. The fourth-order valence-corrected chi connectivity index (χ4v) is 3.69. The zero-order valence-corrected chi connectivity index (χ0v) is 14.4. The highest BCUT2D eigenvalue weighted by molar-refractivity contribution is 7.98. The molecular weight excluding hydrogens is 298 g/mol. The lowest BCUT2D eigenvalue weighted by atomic mass is 10.1. The number of anilines is 1. The molecule has 0 fully saturated rings. The predicted octanol–water partition coefficient (Wildman–Crippen LogP) is 3.85. The third-order valence-corrected chi connectivity index (χ3v) is 4.68. The number of carbonyl (C=O) groups is 1. The number of amides is 1. The number of rotatable bonds is 2. The van der Waals surface area contributed by atoms with Gasteiger partial charge in [-0.3, -0.25) is 4.79 Å². The Bertz CT molecular complexity index is 737. The van der Waals surface area contributed by atoms with Crippen molar-refractivity contribution < 1.29 is 9.21 Å². The van der Waals surface area contributed by atoms with E-state index in [9.17, 15) is 4.79 Å². The first kappa shape index (κ1) is 15.2. The molecule has 1 aliphatic rings. The van der Waals surface area contributed by atoms with E-state index in [0.29, 0.717) is 11.3 Å². The minimum Gasteiger partial charge on any atom is -0.466 e. The molecule has 0 saturated carbocycles. The van der Waals surface area contributed by atoms with Gasteiger partial charge >= 0.3 is 0 Å². The highest BCUT2D eigenvalue weighted by atomic mass is 32.2. The van der Waals surface area contributed by atoms with Crippen molar-refractivity contribution in [3.8, 4) is 0 Å². The molecular formula is C16H21N3O2S. The summed E-state index contributed by atoms with van der Waals surface area (Å²) in [6, 6.07) is 1.78. The number of thioether (sulfide) groups is 1. The molecule has 0 radical (unpaired) electrons. The molecule has 1 aliphatic heterocycles. The number of hydrogen-bond acceptors (Lipinski definition) is 4. The summed E-state index contributed by atoms with van der Waals surface area (Å²) >= 11 is 1.83. The average Bonchev–Trinajstić information content (AvgIpc) is 3.04. The minimum atomic E-state index is -0.182. The van der Waals surface area contributed by atoms with E-state index in [0.717, 1.165) is 34.3 Å². The van der Waals surface area contributed by atoms with Crippen molar-refractivity contribution in [1.82, 2.24) is 9.78 Å². The van der Waals surface area contributed by atoms with Crippen molar-refractivity contribution in [2.24, 2.45) is 0 Å². The summed E-state index contributed by atoms with van der Waals surface area (Å²) in [6.45, 7) is 9.92. The standard InChI is InChI=1S/C16H21N3O2S/c1-9-6-11(10(2)21-9)15(20)17-14-12-7-22-8-13(12)18-19(14)16(3,4)5/h6H,7-8H2,1-5H3,(H,17,20). The lowest BCUT2D eigenvalue weighted by molar-refractivity contribution is 0.102. The normalized spacial score (nSPS) is 14.2. The van der Waals surface area contributed by atoms with Gasteiger partial charge in [0.05, 0.1) is 16.8 Å². The van der Waals surface area contributed by atoms with Gasteiger partial charge in [-0.05, 0) is 40.7 Å². The van der Waals surface area contributed by atoms with E-state index in [1.165, 1.54) is 0 Å². The number of nitrogens with one attached hydrogen (secondary N) is 1. The van der Waals surface area contributed by atoms with E-state index >= 15 is 0 Å². The fourth-order valence-electron chi connectivity index (χ4n) is 2.66. The van der Waals surface area contributed by atoms with Gasteiger partial charge in [0.25, 0.3) is 5.91 Å². The van der Waals surface area contributed by atoms with Gasteiger partial charge < -0.3 is 9.73 Å². The highest BCUT2D eigenvalue weighted by Gasteiger charge is 2.29. The van der Waals surface area contributed by atoms with Gasteiger partial charge in [0.2, 0.25) is 0 Å². The highest BCUT2D eigenvalue weighted by Crippen LogP contribution is 2.37. The first-order chi connectivity index (χ1) is 10.3. The van der Waals surface area contributed by atoms with Crippen LogP contribution in [0.1, 0.15) is 53.9 Å². The van der Waals surface area contributed by atoms with Crippen LogP contribution >= 0.6 is 11.8 Å². The smallest absolute Gasteiger partial charge is 0.260 e. The molecule has 3 rings (SSSR count). The maximum atomic E-state index is 12.6. The largest absolute Gasteiger partial charge is 0.466 e. The van der Waals surface area contributed by atoms with E-state index in [1.807, 2.05) is 30.3 Å². The van der Waals surface area contributed by atoms with Crippen LogP contribution in [0.15, 0.2) is 10.5 Å². The molecule has 0 unspecified atom stereocenters. The summed E-state index contributed by atoms with van der Waals surface area (Å²) < 4.78 is 7.39. The number of aromatic nitrogens is 2. The Balaban J connectivity index is 1.98. The van der Waals surface area contributed by atoms with Crippen LogP contribution in [0.25, 0.3) is 0 Å². The van der Waals surface area contributed by atoms with Crippen LogP contribution in [0.2, 0.25) is 0 Å². The van der Waals surface area contributed by atoms with Gasteiger partial charge in [-0.25, -0.2) is 4.68 Å². The first-order valence-electron chi connectivity index (χ1n) is 7.35. The zero-order valence-electron chi connectivity index (χ0n) is 13.6. The molecule has 5 nitrogen and oxygen atoms in total. The van der Waals surface area contributed by atoms with Crippen LogP contribution in [-0.4, -0.2) is 15.7 Å².